The van der Waals surface area contributed by atoms with Crippen molar-refractivity contribution in [2.24, 2.45) is 0 Å². The van der Waals surface area contributed by atoms with E-state index >= 15 is 0 Å². The number of hydrogen-bond donors (Lipinski definition) is 2. The summed E-state index contributed by atoms with van der Waals surface area (Å²) in [6.07, 6.45) is 1.01. The van der Waals surface area contributed by atoms with Crippen LogP contribution in [0.15, 0.2) is 18.2 Å². The SMILES string of the molecule is CNCCCN(C)c1cc(N)ccc1C(=O)N(C)C. The Morgan fingerprint density at radius 1 is 1.32 bits per heavy atom. The zero-order chi connectivity index (χ0) is 14.4. The minimum atomic E-state index is -0.00420. The van der Waals surface area contributed by atoms with Crippen molar-refractivity contribution in [3.05, 3.63) is 23.8 Å². The van der Waals surface area contributed by atoms with Crippen LogP contribution in [-0.4, -0.2) is 52.1 Å². The molecule has 1 aromatic rings. The molecule has 106 valence electrons. The molecule has 0 saturated heterocycles. The molecule has 5 nitrogen and oxygen atoms in total. The Hall–Kier alpha value is -1.75. The molecular formula is C14H24N4O. The van der Waals surface area contributed by atoms with Crippen molar-refractivity contribution in [2.45, 2.75) is 6.42 Å². The van der Waals surface area contributed by atoms with E-state index in [0.717, 1.165) is 25.2 Å². The molecular weight excluding hydrogens is 240 g/mol. The Morgan fingerprint density at radius 3 is 2.58 bits per heavy atom. The maximum Gasteiger partial charge on any atom is 0.255 e. The van der Waals surface area contributed by atoms with Gasteiger partial charge in [0.1, 0.15) is 0 Å². The normalized spacial score (nSPS) is 10.3. The Balaban J connectivity index is 2.96. The number of rotatable bonds is 6. The Labute approximate surface area is 115 Å². The van der Waals surface area contributed by atoms with Gasteiger partial charge in [0.15, 0.2) is 0 Å². The van der Waals surface area contributed by atoms with E-state index in [1.807, 2.05) is 20.2 Å². The molecule has 5 heteroatoms. The van der Waals surface area contributed by atoms with Crippen molar-refractivity contribution in [3.63, 3.8) is 0 Å². The Morgan fingerprint density at radius 2 is 2.00 bits per heavy atom. The molecule has 0 radical (unpaired) electrons. The van der Waals surface area contributed by atoms with Crippen LogP contribution in [0.25, 0.3) is 0 Å². The summed E-state index contributed by atoms with van der Waals surface area (Å²) in [5.41, 5.74) is 8.07. The molecule has 1 rings (SSSR count). The lowest BCUT2D eigenvalue weighted by Gasteiger charge is -2.23. The number of benzene rings is 1. The summed E-state index contributed by atoms with van der Waals surface area (Å²) in [5, 5.41) is 3.11. The van der Waals surface area contributed by atoms with E-state index in [1.54, 1.807) is 31.1 Å². The smallest absolute Gasteiger partial charge is 0.255 e. The lowest BCUT2D eigenvalue weighted by Crippen LogP contribution is -2.27. The van der Waals surface area contributed by atoms with Gasteiger partial charge in [-0.1, -0.05) is 0 Å². The first kappa shape index (κ1) is 15.3. The molecule has 0 atom stereocenters. The van der Waals surface area contributed by atoms with Crippen LogP contribution in [0.5, 0.6) is 0 Å². The van der Waals surface area contributed by atoms with Crippen molar-refractivity contribution < 1.29 is 4.79 Å². The fourth-order valence-electron chi connectivity index (χ4n) is 1.90. The van der Waals surface area contributed by atoms with Gasteiger partial charge in [-0.3, -0.25) is 4.79 Å². The highest BCUT2D eigenvalue weighted by Crippen LogP contribution is 2.23. The van der Waals surface area contributed by atoms with E-state index in [2.05, 4.69) is 10.2 Å². The maximum absolute atomic E-state index is 12.2. The number of anilines is 2. The van der Waals surface area contributed by atoms with Gasteiger partial charge in [-0.25, -0.2) is 0 Å². The highest BCUT2D eigenvalue weighted by molar-refractivity contribution is 6.00. The standard InChI is InChI=1S/C14H24N4O/c1-16-8-5-9-18(4)13-10-11(15)6-7-12(13)14(19)17(2)3/h6-7,10,16H,5,8-9,15H2,1-4H3. The van der Waals surface area contributed by atoms with Crippen molar-refractivity contribution in [1.82, 2.24) is 10.2 Å². The minimum absolute atomic E-state index is 0.00420. The van der Waals surface area contributed by atoms with Crippen molar-refractivity contribution >= 4 is 17.3 Å². The molecule has 1 amide bonds. The fourth-order valence-corrected chi connectivity index (χ4v) is 1.90. The number of hydrogen-bond acceptors (Lipinski definition) is 4. The van der Waals surface area contributed by atoms with Crippen LogP contribution in [0.4, 0.5) is 11.4 Å². The van der Waals surface area contributed by atoms with E-state index in [4.69, 9.17) is 5.73 Å². The zero-order valence-electron chi connectivity index (χ0n) is 12.2. The molecule has 0 bridgehead atoms. The van der Waals surface area contributed by atoms with E-state index in [0.29, 0.717) is 11.3 Å². The Bertz CT molecular complexity index is 431. The summed E-state index contributed by atoms with van der Waals surface area (Å²) in [7, 11) is 7.42. The third-order valence-electron chi connectivity index (χ3n) is 2.99. The van der Waals surface area contributed by atoms with Crippen LogP contribution < -0.4 is 16.0 Å². The van der Waals surface area contributed by atoms with Crippen LogP contribution in [0.1, 0.15) is 16.8 Å². The third-order valence-corrected chi connectivity index (χ3v) is 2.99. The number of nitrogens with two attached hydrogens (primary N) is 1. The van der Waals surface area contributed by atoms with Gasteiger partial charge >= 0.3 is 0 Å². The average Bonchev–Trinajstić information content (AvgIpc) is 2.37. The molecule has 0 aliphatic heterocycles. The molecule has 1 aromatic carbocycles. The molecule has 3 N–H and O–H groups in total. The predicted molar refractivity (Wildman–Crippen MR) is 80.7 cm³/mol. The summed E-state index contributed by atoms with van der Waals surface area (Å²) in [6, 6.07) is 5.42. The second kappa shape index (κ2) is 6.99. The summed E-state index contributed by atoms with van der Waals surface area (Å²) < 4.78 is 0. The molecule has 0 aliphatic carbocycles. The van der Waals surface area contributed by atoms with Crippen LogP contribution in [-0.2, 0) is 0 Å². The summed E-state index contributed by atoms with van der Waals surface area (Å²) in [5.74, 6) is -0.00420. The van der Waals surface area contributed by atoms with Crippen molar-refractivity contribution in [1.29, 1.82) is 0 Å². The van der Waals surface area contributed by atoms with Gasteiger partial charge < -0.3 is 20.9 Å². The quantitative estimate of drug-likeness (QED) is 0.595. The summed E-state index contributed by atoms with van der Waals surface area (Å²) in [4.78, 5) is 15.8. The summed E-state index contributed by atoms with van der Waals surface area (Å²) >= 11 is 0. The number of amides is 1. The molecule has 0 aliphatic rings. The molecule has 0 unspecified atom stereocenters. The number of carbonyl (C=O) groups excluding carboxylic acids is 1. The second-order valence-corrected chi connectivity index (χ2v) is 4.85. The van der Waals surface area contributed by atoms with Crippen molar-refractivity contribution in [2.75, 3.05) is 51.9 Å². The third kappa shape index (κ3) is 4.13. The van der Waals surface area contributed by atoms with Gasteiger partial charge in [0.2, 0.25) is 0 Å². The fraction of sp³-hybridized carbons (Fsp3) is 0.500. The van der Waals surface area contributed by atoms with Gasteiger partial charge in [0.05, 0.1) is 11.3 Å². The highest BCUT2D eigenvalue weighted by Gasteiger charge is 2.16. The van der Waals surface area contributed by atoms with Crippen LogP contribution in [0.2, 0.25) is 0 Å². The first-order valence-electron chi connectivity index (χ1n) is 6.44. The highest BCUT2D eigenvalue weighted by atomic mass is 16.2. The molecule has 19 heavy (non-hydrogen) atoms. The average molecular weight is 264 g/mol. The van der Waals surface area contributed by atoms with Crippen LogP contribution in [0.3, 0.4) is 0 Å². The van der Waals surface area contributed by atoms with E-state index in [9.17, 15) is 4.79 Å². The molecule has 0 aromatic heterocycles. The monoisotopic (exact) mass is 264 g/mol. The number of carbonyl (C=O) groups is 1. The first-order chi connectivity index (χ1) is 8.97. The van der Waals surface area contributed by atoms with Crippen molar-refractivity contribution in [3.8, 4) is 0 Å². The number of nitrogen functional groups attached to an aromatic ring is 1. The molecule has 0 spiro atoms. The second-order valence-electron chi connectivity index (χ2n) is 4.85. The van der Waals surface area contributed by atoms with E-state index < -0.39 is 0 Å². The lowest BCUT2D eigenvalue weighted by molar-refractivity contribution is 0.0828. The first-order valence-corrected chi connectivity index (χ1v) is 6.44. The zero-order valence-corrected chi connectivity index (χ0v) is 12.2. The van der Waals surface area contributed by atoms with Gasteiger partial charge in [0.25, 0.3) is 5.91 Å². The van der Waals surface area contributed by atoms with E-state index in [1.165, 1.54) is 0 Å². The molecule has 0 saturated carbocycles. The topological polar surface area (TPSA) is 61.6 Å². The van der Waals surface area contributed by atoms with Crippen LogP contribution >= 0.6 is 0 Å². The van der Waals surface area contributed by atoms with Gasteiger partial charge in [-0.2, -0.15) is 0 Å². The summed E-state index contributed by atoms with van der Waals surface area (Å²) in [6.45, 7) is 1.82. The maximum atomic E-state index is 12.2. The molecule has 0 heterocycles. The van der Waals surface area contributed by atoms with E-state index in [-0.39, 0.29) is 5.91 Å². The Kier molecular flexibility index (Phi) is 5.63. The van der Waals surface area contributed by atoms with Gasteiger partial charge in [-0.05, 0) is 38.2 Å². The van der Waals surface area contributed by atoms with Gasteiger partial charge in [-0.15, -0.1) is 0 Å². The van der Waals surface area contributed by atoms with Crippen LogP contribution in [0, 0.1) is 0 Å². The number of nitrogens with zero attached hydrogens (tertiary/aromatic N) is 2. The number of nitrogens with one attached hydrogen (secondary N) is 1. The lowest BCUT2D eigenvalue weighted by atomic mass is 10.1. The largest absolute Gasteiger partial charge is 0.399 e. The predicted octanol–water partition coefficient (Wildman–Crippen LogP) is 1.02. The van der Waals surface area contributed by atoms with Gasteiger partial charge in [0, 0.05) is 33.4 Å². The minimum Gasteiger partial charge on any atom is -0.399 e. The molecule has 0 fully saturated rings.